The molecule has 1 amide bonds. The molecule has 2 aromatic carbocycles. The number of nitrogens with one attached hydrogen (secondary N) is 1. The van der Waals surface area contributed by atoms with E-state index in [1.54, 1.807) is 18.2 Å². The number of halogens is 2. The Hall–Kier alpha value is -1.79. The fraction of sp³-hybridized carbons (Fsp3) is 0.381. The quantitative estimate of drug-likeness (QED) is 0.755. The number of anilines is 2. The number of carbonyl (C=O) groups is 1. The van der Waals surface area contributed by atoms with Crippen molar-refractivity contribution in [1.82, 2.24) is 4.90 Å². The molecule has 7 heteroatoms. The van der Waals surface area contributed by atoms with Gasteiger partial charge in [0.25, 0.3) is 0 Å². The maximum absolute atomic E-state index is 12.7. The number of hydrogen-bond donors (Lipinski definition) is 1. The molecule has 0 saturated carbocycles. The first-order chi connectivity index (χ1) is 13.4. The standard InChI is InChI=1S/C21H25Cl2N3O2/c1-15(21(27)24-19-12-17(22)11-18(23)13-19)25(2)14-16-5-3-4-6-20(16)26-7-9-28-10-8-26/h3-6,11-13,15H,7-10,14H2,1-2H3,(H,24,27)/t15-/m1/s1. The van der Waals surface area contributed by atoms with Crippen LogP contribution in [0.4, 0.5) is 11.4 Å². The molecule has 2 aromatic rings. The highest BCUT2D eigenvalue weighted by atomic mass is 35.5. The average Bonchev–Trinajstić information content (AvgIpc) is 2.67. The normalized spacial score (nSPS) is 15.5. The number of morpholine rings is 1. The van der Waals surface area contributed by atoms with E-state index in [1.807, 2.05) is 31.0 Å². The van der Waals surface area contributed by atoms with Crippen molar-refractivity contribution in [3.8, 4) is 0 Å². The molecule has 5 nitrogen and oxygen atoms in total. The van der Waals surface area contributed by atoms with Crippen LogP contribution >= 0.6 is 23.2 Å². The zero-order valence-electron chi connectivity index (χ0n) is 16.1. The van der Waals surface area contributed by atoms with E-state index >= 15 is 0 Å². The Labute approximate surface area is 176 Å². The molecule has 3 rings (SSSR count). The summed E-state index contributed by atoms with van der Waals surface area (Å²) in [6, 6.07) is 13.0. The molecule has 0 spiro atoms. The van der Waals surface area contributed by atoms with Crippen molar-refractivity contribution in [2.24, 2.45) is 0 Å². The predicted molar refractivity (Wildman–Crippen MR) is 115 cm³/mol. The van der Waals surface area contributed by atoms with Gasteiger partial charge in [-0.1, -0.05) is 41.4 Å². The smallest absolute Gasteiger partial charge is 0.241 e. The van der Waals surface area contributed by atoms with Gasteiger partial charge in [-0.05, 0) is 43.8 Å². The maximum atomic E-state index is 12.7. The Bertz CT molecular complexity index is 805. The summed E-state index contributed by atoms with van der Waals surface area (Å²) in [4.78, 5) is 17.1. The minimum Gasteiger partial charge on any atom is -0.378 e. The molecule has 0 unspecified atom stereocenters. The second-order valence-corrected chi connectivity index (χ2v) is 7.84. The molecule has 0 aromatic heterocycles. The van der Waals surface area contributed by atoms with Gasteiger partial charge in [0.15, 0.2) is 0 Å². The minimum absolute atomic E-state index is 0.107. The van der Waals surface area contributed by atoms with E-state index in [2.05, 4.69) is 22.3 Å². The summed E-state index contributed by atoms with van der Waals surface area (Å²) in [6.07, 6.45) is 0. The lowest BCUT2D eigenvalue weighted by molar-refractivity contribution is -0.120. The fourth-order valence-electron chi connectivity index (χ4n) is 3.24. The van der Waals surface area contributed by atoms with E-state index in [9.17, 15) is 4.79 Å². The van der Waals surface area contributed by atoms with Crippen LogP contribution < -0.4 is 10.2 Å². The zero-order chi connectivity index (χ0) is 20.1. The van der Waals surface area contributed by atoms with Crippen LogP contribution in [0.2, 0.25) is 10.0 Å². The van der Waals surface area contributed by atoms with Gasteiger partial charge in [0.2, 0.25) is 5.91 Å². The van der Waals surface area contributed by atoms with Crippen molar-refractivity contribution in [2.75, 3.05) is 43.6 Å². The summed E-state index contributed by atoms with van der Waals surface area (Å²) in [5.41, 5.74) is 2.99. The minimum atomic E-state index is -0.324. The summed E-state index contributed by atoms with van der Waals surface area (Å²) in [5, 5.41) is 3.87. The van der Waals surface area contributed by atoms with Gasteiger partial charge in [-0.25, -0.2) is 0 Å². The summed E-state index contributed by atoms with van der Waals surface area (Å²) in [5.74, 6) is -0.107. The highest BCUT2D eigenvalue weighted by molar-refractivity contribution is 6.35. The van der Waals surface area contributed by atoms with Crippen LogP contribution in [-0.4, -0.2) is 50.2 Å². The number of benzene rings is 2. The molecule has 1 saturated heterocycles. The SMILES string of the molecule is C[C@H](C(=O)Nc1cc(Cl)cc(Cl)c1)N(C)Cc1ccccc1N1CCOCC1. The first kappa shape index (κ1) is 20.9. The number of ether oxygens (including phenoxy) is 1. The van der Waals surface area contributed by atoms with Crippen LogP contribution in [0.5, 0.6) is 0 Å². The molecule has 0 radical (unpaired) electrons. The highest BCUT2D eigenvalue weighted by Crippen LogP contribution is 2.25. The van der Waals surface area contributed by atoms with Crippen molar-refractivity contribution >= 4 is 40.5 Å². The van der Waals surface area contributed by atoms with Crippen LogP contribution in [0.25, 0.3) is 0 Å². The van der Waals surface area contributed by atoms with Crippen LogP contribution in [0.15, 0.2) is 42.5 Å². The molecular weight excluding hydrogens is 397 g/mol. The molecule has 28 heavy (non-hydrogen) atoms. The Morgan fingerprint density at radius 1 is 1.18 bits per heavy atom. The number of amides is 1. The van der Waals surface area contributed by atoms with Crippen molar-refractivity contribution in [1.29, 1.82) is 0 Å². The van der Waals surface area contributed by atoms with Gasteiger partial charge in [-0.3, -0.25) is 9.69 Å². The lowest BCUT2D eigenvalue weighted by Crippen LogP contribution is -2.40. The number of para-hydroxylation sites is 1. The van der Waals surface area contributed by atoms with E-state index < -0.39 is 0 Å². The monoisotopic (exact) mass is 421 g/mol. The van der Waals surface area contributed by atoms with Crippen LogP contribution in [0, 0.1) is 0 Å². The Morgan fingerprint density at radius 3 is 2.50 bits per heavy atom. The molecule has 1 N–H and O–H groups in total. The number of carbonyl (C=O) groups excluding carboxylic acids is 1. The first-order valence-corrected chi connectivity index (χ1v) is 10.1. The predicted octanol–water partition coefficient (Wildman–Crippen LogP) is 4.29. The molecular formula is C21H25Cl2N3O2. The molecule has 0 aliphatic carbocycles. The Morgan fingerprint density at radius 2 is 1.82 bits per heavy atom. The van der Waals surface area contributed by atoms with Gasteiger partial charge >= 0.3 is 0 Å². The van der Waals surface area contributed by atoms with Crippen LogP contribution in [-0.2, 0) is 16.1 Å². The lowest BCUT2D eigenvalue weighted by Gasteiger charge is -2.32. The summed E-state index contributed by atoms with van der Waals surface area (Å²) in [6.45, 7) is 5.80. The summed E-state index contributed by atoms with van der Waals surface area (Å²) < 4.78 is 5.46. The number of hydrogen-bond acceptors (Lipinski definition) is 4. The average molecular weight is 422 g/mol. The molecule has 1 atom stereocenters. The molecule has 1 fully saturated rings. The maximum Gasteiger partial charge on any atom is 0.241 e. The topological polar surface area (TPSA) is 44.8 Å². The zero-order valence-corrected chi connectivity index (χ0v) is 17.6. The van der Waals surface area contributed by atoms with Crippen molar-refractivity contribution in [2.45, 2.75) is 19.5 Å². The van der Waals surface area contributed by atoms with Gasteiger partial charge in [-0.2, -0.15) is 0 Å². The third-order valence-electron chi connectivity index (χ3n) is 4.93. The van der Waals surface area contributed by atoms with Crippen molar-refractivity contribution < 1.29 is 9.53 Å². The largest absolute Gasteiger partial charge is 0.378 e. The molecule has 1 aliphatic heterocycles. The third kappa shape index (κ3) is 5.39. The van der Waals surface area contributed by atoms with Crippen LogP contribution in [0.3, 0.4) is 0 Å². The van der Waals surface area contributed by atoms with Gasteiger partial charge in [0.05, 0.1) is 19.3 Å². The Balaban J connectivity index is 1.67. The first-order valence-electron chi connectivity index (χ1n) is 9.32. The third-order valence-corrected chi connectivity index (χ3v) is 5.37. The number of rotatable bonds is 6. The second-order valence-electron chi connectivity index (χ2n) is 6.97. The molecule has 1 aliphatic rings. The summed E-state index contributed by atoms with van der Waals surface area (Å²) in [7, 11) is 1.95. The van der Waals surface area contributed by atoms with E-state index in [0.717, 1.165) is 26.3 Å². The molecule has 150 valence electrons. The number of likely N-dealkylation sites (N-methyl/N-ethyl adjacent to an activating group) is 1. The van der Waals surface area contributed by atoms with Gasteiger partial charge in [0, 0.05) is 41.1 Å². The molecule has 1 heterocycles. The van der Waals surface area contributed by atoms with Crippen molar-refractivity contribution in [3.05, 3.63) is 58.1 Å². The van der Waals surface area contributed by atoms with Gasteiger partial charge < -0.3 is 15.0 Å². The van der Waals surface area contributed by atoms with Gasteiger partial charge in [0.1, 0.15) is 0 Å². The van der Waals surface area contributed by atoms with E-state index in [0.29, 0.717) is 22.3 Å². The number of nitrogens with zero attached hydrogens (tertiary/aromatic N) is 2. The lowest BCUT2D eigenvalue weighted by atomic mass is 10.1. The summed E-state index contributed by atoms with van der Waals surface area (Å²) >= 11 is 12.0. The highest BCUT2D eigenvalue weighted by Gasteiger charge is 2.21. The second kappa shape index (κ2) is 9.61. The Kier molecular flexibility index (Phi) is 7.18. The van der Waals surface area contributed by atoms with Gasteiger partial charge in [-0.15, -0.1) is 0 Å². The van der Waals surface area contributed by atoms with E-state index in [-0.39, 0.29) is 11.9 Å². The fourth-order valence-corrected chi connectivity index (χ4v) is 3.76. The van der Waals surface area contributed by atoms with Crippen molar-refractivity contribution in [3.63, 3.8) is 0 Å². The molecule has 0 bridgehead atoms. The van der Waals surface area contributed by atoms with Crippen LogP contribution in [0.1, 0.15) is 12.5 Å². The van der Waals surface area contributed by atoms with E-state index in [1.165, 1.54) is 11.3 Å². The van der Waals surface area contributed by atoms with E-state index in [4.69, 9.17) is 27.9 Å².